The molecule has 35 heavy (non-hydrogen) atoms. The van der Waals surface area contributed by atoms with E-state index in [0.29, 0.717) is 46.6 Å². The zero-order chi connectivity index (χ0) is 24.6. The van der Waals surface area contributed by atoms with Crippen molar-refractivity contribution in [3.8, 4) is 5.82 Å². The van der Waals surface area contributed by atoms with Crippen molar-refractivity contribution in [3.05, 3.63) is 58.6 Å². The Morgan fingerprint density at radius 2 is 2.00 bits per heavy atom. The molecule has 0 saturated heterocycles. The van der Waals surface area contributed by atoms with Crippen LogP contribution in [0.1, 0.15) is 51.0 Å². The average molecular weight is 516 g/mol. The fourth-order valence-corrected chi connectivity index (χ4v) is 4.88. The van der Waals surface area contributed by atoms with Crippen LogP contribution in [0.4, 0.5) is 11.8 Å². The van der Waals surface area contributed by atoms with Gasteiger partial charge in [0.15, 0.2) is 0 Å². The van der Waals surface area contributed by atoms with Crippen molar-refractivity contribution in [1.29, 1.82) is 0 Å². The Kier molecular flexibility index (Phi) is 8.82. The van der Waals surface area contributed by atoms with Crippen molar-refractivity contribution in [2.75, 3.05) is 17.2 Å². The van der Waals surface area contributed by atoms with Crippen molar-refractivity contribution in [2.24, 2.45) is 5.92 Å². The van der Waals surface area contributed by atoms with Gasteiger partial charge in [0.25, 0.3) is 0 Å². The van der Waals surface area contributed by atoms with Gasteiger partial charge in [-0.15, -0.1) is 0 Å². The van der Waals surface area contributed by atoms with Crippen LogP contribution < -0.4 is 16.0 Å². The predicted molar refractivity (Wildman–Crippen MR) is 140 cm³/mol. The van der Waals surface area contributed by atoms with Crippen LogP contribution in [0.3, 0.4) is 0 Å². The highest BCUT2D eigenvalue weighted by Gasteiger charge is 2.25. The van der Waals surface area contributed by atoms with Crippen LogP contribution in [-0.2, 0) is 11.3 Å². The van der Waals surface area contributed by atoms with Crippen LogP contribution in [0, 0.1) is 5.92 Å². The lowest BCUT2D eigenvalue weighted by Crippen LogP contribution is -2.41. The van der Waals surface area contributed by atoms with Gasteiger partial charge >= 0.3 is 0 Å². The molecule has 1 fully saturated rings. The minimum absolute atomic E-state index is 0.0885. The number of nitrogens with one attached hydrogen (secondary N) is 3. The van der Waals surface area contributed by atoms with Crippen LogP contribution >= 0.6 is 23.2 Å². The number of anilines is 2. The molecule has 8 nitrogen and oxygen atoms in total. The first-order chi connectivity index (χ1) is 17.0. The number of carbonyl (C=O) groups excluding carboxylic acids is 1. The predicted octanol–water partition coefficient (Wildman–Crippen LogP) is 5.47. The standard InChI is InChI=1S/C25H31Cl2N7O/c1-2-29-25-32-22(14-23(33-25)34-11-10-28-16-34)31-21(12-17-6-4-3-5-7-17)24(35)30-15-18-8-9-19(26)13-20(18)27/h8-11,13-14,16-17,21H,2-7,12,15H2,1H3,(H,30,35)(H2,29,31,32,33)/t21-/m1/s1. The molecule has 1 aliphatic carbocycles. The molecule has 1 amide bonds. The summed E-state index contributed by atoms with van der Waals surface area (Å²) in [6.45, 7) is 2.99. The van der Waals surface area contributed by atoms with Gasteiger partial charge in [-0.1, -0.05) is 61.4 Å². The Balaban J connectivity index is 1.54. The topological polar surface area (TPSA) is 96.8 Å². The highest BCUT2D eigenvalue weighted by atomic mass is 35.5. The van der Waals surface area contributed by atoms with Crippen molar-refractivity contribution in [3.63, 3.8) is 0 Å². The molecule has 0 unspecified atom stereocenters. The summed E-state index contributed by atoms with van der Waals surface area (Å²) in [5.74, 6) is 2.15. The number of imidazole rings is 1. The minimum atomic E-state index is -0.441. The molecule has 1 aromatic carbocycles. The number of rotatable bonds is 10. The van der Waals surface area contributed by atoms with E-state index >= 15 is 0 Å². The van der Waals surface area contributed by atoms with E-state index in [4.69, 9.17) is 23.2 Å². The van der Waals surface area contributed by atoms with Gasteiger partial charge in [-0.2, -0.15) is 9.97 Å². The molecule has 186 valence electrons. The molecule has 2 aromatic heterocycles. The van der Waals surface area contributed by atoms with E-state index in [9.17, 15) is 4.79 Å². The summed E-state index contributed by atoms with van der Waals surface area (Å²) < 4.78 is 1.81. The summed E-state index contributed by atoms with van der Waals surface area (Å²) in [5, 5.41) is 10.7. The Labute approximate surface area is 215 Å². The lowest BCUT2D eigenvalue weighted by molar-refractivity contribution is -0.122. The maximum Gasteiger partial charge on any atom is 0.242 e. The van der Waals surface area contributed by atoms with E-state index in [1.165, 1.54) is 19.3 Å². The summed E-state index contributed by atoms with van der Waals surface area (Å²) in [6.07, 6.45) is 11.9. The van der Waals surface area contributed by atoms with Crippen molar-refractivity contribution in [1.82, 2.24) is 24.8 Å². The van der Waals surface area contributed by atoms with Gasteiger partial charge in [0.2, 0.25) is 11.9 Å². The zero-order valence-electron chi connectivity index (χ0n) is 19.8. The maximum atomic E-state index is 13.4. The van der Waals surface area contributed by atoms with Gasteiger partial charge in [0.1, 0.15) is 24.0 Å². The molecule has 1 atom stereocenters. The molecule has 3 aromatic rings. The lowest BCUT2D eigenvalue weighted by Gasteiger charge is -2.27. The quantitative estimate of drug-likeness (QED) is 0.331. The van der Waals surface area contributed by atoms with E-state index in [-0.39, 0.29) is 5.91 Å². The maximum absolute atomic E-state index is 13.4. The second kappa shape index (κ2) is 12.2. The smallest absolute Gasteiger partial charge is 0.242 e. The number of halogens is 2. The number of hydrogen-bond acceptors (Lipinski definition) is 6. The average Bonchev–Trinajstić information content (AvgIpc) is 3.39. The van der Waals surface area contributed by atoms with Gasteiger partial charge in [0, 0.05) is 41.6 Å². The second-order valence-electron chi connectivity index (χ2n) is 8.83. The van der Waals surface area contributed by atoms with Crippen molar-refractivity contribution < 1.29 is 4.79 Å². The van der Waals surface area contributed by atoms with Crippen LogP contribution in [0.25, 0.3) is 5.82 Å². The molecule has 0 radical (unpaired) electrons. The molecule has 1 saturated carbocycles. The van der Waals surface area contributed by atoms with Crippen LogP contribution in [0.15, 0.2) is 43.0 Å². The SMILES string of the molecule is CCNc1nc(N[C@H](CC2CCCCC2)C(=O)NCc2ccc(Cl)cc2Cl)cc(-n2ccnc2)n1. The summed E-state index contributed by atoms with van der Waals surface area (Å²) >= 11 is 12.3. The monoisotopic (exact) mass is 515 g/mol. The van der Waals surface area contributed by atoms with Gasteiger partial charge in [-0.25, -0.2) is 4.98 Å². The minimum Gasteiger partial charge on any atom is -0.358 e. The fourth-order valence-electron chi connectivity index (χ4n) is 4.41. The summed E-state index contributed by atoms with van der Waals surface area (Å²) in [7, 11) is 0. The van der Waals surface area contributed by atoms with E-state index in [0.717, 1.165) is 24.8 Å². The largest absolute Gasteiger partial charge is 0.358 e. The third-order valence-electron chi connectivity index (χ3n) is 6.22. The number of carbonyl (C=O) groups is 1. The molecule has 2 heterocycles. The van der Waals surface area contributed by atoms with E-state index < -0.39 is 6.04 Å². The van der Waals surface area contributed by atoms with E-state index in [1.54, 1.807) is 24.7 Å². The fraction of sp³-hybridized carbons (Fsp3) is 0.440. The van der Waals surface area contributed by atoms with E-state index in [1.807, 2.05) is 29.8 Å². The van der Waals surface area contributed by atoms with Crippen molar-refractivity contribution >= 4 is 40.9 Å². The Hall–Kier alpha value is -2.84. The molecular weight excluding hydrogens is 485 g/mol. The summed E-state index contributed by atoms with van der Waals surface area (Å²) in [6, 6.07) is 6.68. The molecular formula is C25H31Cl2N7O. The first-order valence-corrected chi connectivity index (χ1v) is 12.9. The van der Waals surface area contributed by atoms with E-state index in [2.05, 4.69) is 30.9 Å². The first kappa shape index (κ1) is 25.3. The van der Waals surface area contributed by atoms with Gasteiger partial charge < -0.3 is 16.0 Å². The Morgan fingerprint density at radius 3 is 2.71 bits per heavy atom. The van der Waals surface area contributed by atoms with Crippen molar-refractivity contribution in [2.45, 2.75) is 58.0 Å². The lowest BCUT2D eigenvalue weighted by atomic mass is 9.84. The molecule has 4 rings (SSSR count). The normalized spacial score (nSPS) is 14.9. The summed E-state index contributed by atoms with van der Waals surface area (Å²) in [4.78, 5) is 26.7. The first-order valence-electron chi connectivity index (χ1n) is 12.1. The highest BCUT2D eigenvalue weighted by Crippen LogP contribution is 2.29. The molecule has 0 bridgehead atoms. The zero-order valence-corrected chi connectivity index (χ0v) is 21.3. The van der Waals surface area contributed by atoms with Gasteiger partial charge in [0.05, 0.1) is 0 Å². The third kappa shape index (κ3) is 7.08. The summed E-state index contributed by atoms with van der Waals surface area (Å²) in [5.41, 5.74) is 0.819. The number of hydrogen-bond donors (Lipinski definition) is 3. The Morgan fingerprint density at radius 1 is 1.17 bits per heavy atom. The molecule has 3 N–H and O–H groups in total. The highest BCUT2D eigenvalue weighted by molar-refractivity contribution is 6.35. The van der Waals surface area contributed by atoms with Crippen LogP contribution in [0.5, 0.6) is 0 Å². The van der Waals surface area contributed by atoms with Gasteiger partial charge in [-0.3, -0.25) is 9.36 Å². The number of benzene rings is 1. The van der Waals surface area contributed by atoms with Crippen LogP contribution in [-0.4, -0.2) is 38.0 Å². The third-order valence-corrected chi connectivity index (χ3v) is 6.80. The number of amides is 1. The number of aromatic nitrogens is 4. The van der Waals surface area contributed by atoms with Gasteiger partial charge in [-0.05, 0) is 37.0 Å². The Bertz CT molecular complexity index is 1120. The second-order valence-corrected chi connectivity index (χ2v) is 9.67. The molecule has 10 heteroatoms. The van der Waals surface area contributed by atoms with Crippen LogP contribution in [0.2, 0.25) is 10.0 Å². The molecule has 0 aliphatic heterocycles. The molecule has 1 aliphatic rings. The molecule has 0 spiro atoms. The number of nitrogens with zero attached hydrogens (tertiary/aromatic N) is 4.